The van der Waals surface area contributed by atoms with Crippen LogP contribution in [0.4, 0.5) is 17.1 Å². The Morgan fingerprint density at radius 2 is 1.02 bits per heavy atom. The Labute approximate surface area is 356 Å². The van der Waals surface area contributed by atoms with Crippen molar-refractivity contribution in [1.82, 2.24) is 4.57 Å². The van der Waals surface area contributed by atoms with Gasteiger partial charge in [-0.1, -0.05) is 140 Å². The summed E-state index contributed by atoms with van der Waals surface area (Å²) >= 11 is 0. The van der Waals surface area contributed by atoms with E-state index < -0.39 is 0 Å². The molecule has 0 unspecified atom stereocenters. The molecule has 0 atom stereocenters. The molecule has 290 valence electrons. The third kappa shape index (κ3) is 5.20. The lowest BCUT2D eigenvalue weighted by Crippen LogP contribution is -2.10. The highest BCUT2D eigenvalue weighted by molar-refractivity contribution is 6.20. The predicted molar refractivity (Wildman–Crippen MR) is 258 cm³/mol. The van der Waals surface area contributed by atoms with E-state index >= 15 is 0 Å². The summed E-state index contributed by atoms with van der Waals surface area (Å²) in [6.07, 6.45) is 0. The Balaban J connectivity index is 1.03. The van der Waals surface area contributed by atoms with Gasteiger partial charge in [0.05, 0.1) is 22.1 Å². The smallest absolute Gasteiger partial charge is 0.143 e. The van der Waals surface area contributed by atoms with Crippen LogP contribution in [-0.4, -0.2) is 4.57 Å². The summed E-state index contributed by atoms with van der Waals surface area (Å²) < 4.78 is 15.4. The highest BCUT2D eigenvalue weighted by atomic mass is 16.3. The van der Waals surface area contributed by atoms with Crippen molar-refractivity contribution >= 4 is 93.5 Å². The Bertz CT molecular complexity index is 3870. The van der Waals surface area contributed by atoms with Gasteiger partial charge in [0.1, 0.15) is 22.3 Å². The molecular formula is C58H36N2O2. The number of anilines is 3. The van der Waals surface area contributed by atoms with Crippen molar-refractivity contribution in [3.63, 3.8) is 0 Å². The number of aromatic nitrogens is 1. The van der Waals surface area contributed by atoms with Gasteiger partial charge in [-0.15, -0.1) is 0 Å². The zero-order chi connectivity index (χ0) is 40.7. The van der Waals surface area contributed by atoms with Crippen molar-refractivity contribution in [2.75, 3.05) is 4.90 Å². The van der Waals surface area contributed by atoms with Gasteiger partial charge in [0.25, 0.3) is 0 Å². The van der Waals surface area contributed by atoms with Gasteiger partial charge in [-0.25, -0.2) is 0 Å². The summed E-state index contributed by atoms with van der Waals surface area (Å²) in [4.78, 5) is 2.39. The molecule has 62 heavy (non-hydrogen) atoms. The van der Waals surface area contributed by atoms with Crippen molar-refractivity contribution in [2.24, 2.45) is 0 Å². The average molecular weight is 793 g/mol. The molecule has 4 heteroatoms. The molecule has 0 aliphatic heterocycles. The summed E-state index contributed by atoms with van der Waals surface area (Å²) in [5.41, 5.74) is 14.8. The second-order valence-corrected chi connectivity index (χ2v) is 16.0. The first-order valence-electron chi connectivity index (χ1n) is 21.1. The molecule has 0 aliphatic carbocycles. The number of furan rings is 2. The molecule has 0 radical (unpaired) electrons. The maximum absolute atomic E-state index is 6.76. The van der Waals surface area contributed by atoms with Gasteiger partial charge < -0.3 is 18.3 Å². The quantitative estimate of drug-likeness (QED) is 0.168. The van der Waals surface area contributed by atoms with Gasteiger partial charge in [-0.05, 0) is 107 Å². The van der Waals surface area contributed by atoms with Gasteiger partial charge in [0, 0.05) is 49.4 Å². The van der Waals surface area contributed by atoms with Gasteiger partial charge >= 0.3 is 0 Å². The maximum atomic E-state index is 6.76. The van der Waals surface area contributed by atoms with Crippen LogP contribution in [0.1, 0.15) is 0 Å². The third-order valence-electron chi connectivity index (χ3n) is 12.6. The molecule has 4 nitrogen and oxygen atoms in total. The number of hydrogen-bond donors (Lipinski definition) is 0. The monoisotopic (exact) mass is 792 g/mol. The van der Waals surface area contributed by atoms with E-state index in [9.17, 15) is 0 Å². The van der Waals surface area contributed by atoms with E-state index in [1.807, 2.05) is 12.1 Å². The zero-order valence-corrected chi connectivity index (χ0v) is 33.5. The molecule has 13 rings (SSSR count). The number of nitrogens with zero attached hydrogens (tertiary/aromatic N) is 2. The standard InChI is InChI=1S/C58H36N2O2/c1-2-16-40(17-3-1)60-49-24-8-6-20-46(49)55-44(22-11-25-50(55)60)39-15-10-18-42(36-39)59(51-26-13-29-54-57(51)48-35-32-37-14-4-5-19-45(37)58(48)62-54)41-33-30-38(31-34-41)43-23-12-28-53-56(43)47-21-7-9-27-52(47)61-53/h1-36H. The summed E-state index contributed by atoms with van der Waals surface area (Å²) in [6, 6.07) is 78.0. The van der Waals surface area contributed by atoms with Crippen LogP contribution >= 0.6 is 0 Å². The summed E-state index contributed by atoms with van der Waals surface area (Å²) in [7, 11) is 0. The zero-order valence-electron chi connectivity index (χ0n) is 33.5. The first-order chi connectivity index (χ1) is 30.8. The second kappa shape index (κ2) is 13.6. The number of hydrogen-bond acceptors (Lipinski definition) is 3. The summed E-state index contributed by atoms with van der Waals surface area (Å²) in [5.74, 6) is 0. The second-order valence-electron chi connectivity index (χ2n) is 16.0. The predicted octanol–water partition coefficient (Wildman–Crippen LogP) is 16.5. The lowest BCUT2D eigenvalue weighted by molar-refractivity contribution is 0.669. The molecule has 3 heterocycles. The molecule has 0 saturated heterocycles. The SMILES string of the molecule is c1ccc(-n2c3ccccc3c3c(-c4cccc(N(c5ccc(-c6cccc7oc8ccccc8c67)cc5)c5cccc6oc7c8ccccc8ccc7c56)c4)cccc32)cc1. The molecule has 0 N–H and O–H groups in total. The van der Waals surface area contributed by atoms with E-state index in [4.69, 9.17) is 8.83 Å². The molecule has 0 spiro atoms. The van der Waals surface area contributed by atoms with Crippen LogP contribution in [0.15, 0.2) is 227 Å². The van der Waals surface area contributed by atoms with Crippen LogP contribution in [0.2, 0.25) is 0 Å². The molecule has 10 aromatic carbocycles. The topological polar surface area (TPSA) is 34.5 Å². The van der Waals surface area contributed by atoms with Crippen molar-refractivity contribution in [2.45, 2.75) is 0 Å². The number of para-hydroxylation sites is 3. The molecular weight excluding hydrogens is 757 g/mol. The maximum Gasteiger partial charge on any atom is 0.143 e. The first-order valence-corrected chi connectivity index (χ1v) is 21.1. The van der Waals surface area contributed by atoms with E-state index in [1.54, 1.807) is 0 Å². The average Bonchev–Trinajstić information content (AvgIpc) is 4.03. The van der Waals surface area contributed by atoms with Gasteiger partial charge in [-0.3, -0.25) is 0 Å². The van der Waals surface area contributed by atoms with Crippen molar-refractivity contribution in [3.8, 4) is 27.9 Å². The van der Waals surface area contributed by atoms with E-state index in [1.165, 1.54) is 27.4 Å². The Morgan fingerprint density at radius 1 is 0.355 bits per heavy atom. The molecule has 0 aliphatic rings. The van der Waals surface area contributed by atoms with Crippen molar-refractivity contribution in [1.29, 1.82) is 0 Å². The van der Waals surface area contributed by atoms with Gasteiger partial charge in [0.2, 0.25) is 0 Å². The minimum Gasteiger partial charge on any atom is -0.456 e. The molecule has 3 aromatic heterocycles. The lowest BCUT2D eigenvalue weighted by Gasteiger charge is -2.27. The Morgan fingerprint density at radius 3 is 1.89 bits per heavy atom. The lowest BCUT2D eigenvalue weighted by atomic mass is 9.97. The third-order valence-corrected chi connectivity index (χ3v) is 12.6. The van der Waals surface area contributed by atoms with E-state index in [0.29, 0.717) is 0 Å². The van der Waals surface area contributed by atoms with Crippen LogP contribution in [0.5, 0.6) is 0 Å². The van der Waals surface area contributed by atoms with Crippen molar-refractivity contribution < 1.29 is 8.83 Å². The van der Waals surface area contributed by atoms with Crippen molar-refractivity contribution in [3.05, 3.63) is 218 Å². The van der Waals surface area contributed by atoms with Gasteiger partial charge in [0.15, 0.2) is 0 Å². The van der Waals surface area contributed by atoms with Crippen LogP contribution in [0.3, 0.4) is 0 Å². The fraction of sp³-hybridized carbons (Fsp3) is 0. The first kappa shape index (κ1) is 34.5. The van der Waals surface area contributed by atoms with E-state index in [-0.39, 0.29) is 0 Å². The van der Waals surface area contributed by atoms with Crippen LogP contribution in [0, 0.1) is 0 Å². The summed E-state index contributed by atoms with van der Waals surface area (Å²) in [5, 5.41) is 9.13. The van der Waals surface area contributed by atoms with Crippen LogP contribution < -0.4 is 4.90 Å². The highest BCUT2D eigenvalue weighted by Gasteiger charge is 2.23. The van der Waals surface area contributed by atoms with Gasteiger partial charge in [-0.2, -0.15) is 0 Å². The Hall–Kier alpha value is -8.34. The Kier molecular flexibility index (Phi) is 7.57. The minimum absolute atomic E-state index is 0.851. The van der Waals surface area contributed by atoms with E-state index in [2.05, 4.69) is 216 Å². The van der Waals surface area contributed by atoms with E-state index in [0.717, 1.165) is 94.1 Å². The number of rotatable bonds is 6. The largest absolute Gasteiger partial charge is 0.456 e. The summed E-state index contributed by atoms with van der Waals surface area (Å²) in [6.45, 7) is 0. The fourth-order valence-electron chi connectivity index (χ4n) is 9.88. The minimum atomic E-state index is 0.851. The number of benzene rings is 10. The molecule has 13 aromatic rings. The fourth-order valence-corrected chi connectivity index (χ4v) is 9.88. The normalized spacial score (nSPS) is 11.9. The molecule has 0 amide bonds. The highest BCUT2D eigenvalue weighted by Crippen LogP contribution is 2.47. The van der Waals surface area contributed by atoms with Crippen LogP contribution in [0.25, 0.3) is 104 Å². The molecule has 0 fully saturated rings. The number of fused-ring (bicyclic) bond motifs is 11. The van der Waals surface area contributed by atoms with Crippen LogP contribution in [-0.2, 0) is 0 Å². The molecule has 0 saturated carbocycles. The molecule has 0 bridgehead atoms.